The van der Waals surface area contributed by atoms with Gasteiger partial charge in [-0.3, -0.25) is 4.79 Å². The van der Waals surface area contributed by atoms with Gasteiger partial charge in [-0.15, -0.1) is 12.4 Å². The third kappa shape index (κ3) is 4.25. The summed E-state index contributed by atoms with van der Waals surface area (Å²) in [6.07, 6.45) is 4.76. The maximum Gasteiger partial charge on any atom is 0.321 e. The number of benzene rings is 1. The number of rotatable bonds is 2. The summed E-state index contributed by atoms with van der Waals surface area (Å²) in [5, 5.41) is 6.06. The van der Waals surface area contributed by atoms with Gasteiger partial charge in [0.1, 0.15) is 5.82 Å². The normalized spacial score (nSPS) is 27.0. The van der Waals surface area contributed by atoms with Crippen LogP contribution in [0.5, 0.6) is 0 Å². The van der Waals surface area contributed by atoms with Crippen LogP contribution in [-0.2, 0) is 4.79 Å². The second-order valence-electron chi connectivity index (χ2n) is 7.82. The first-order valence-corrected chi connectivity index (χ1v) is 9.97. The van der Waals surface area contributed by atoms with E-state index in [0.717, 1.165) is 45.2 Å². The highest BCUT2D eigenvalue weighted by Crippen LogP contribution is 2.31. The molecule has 0 aromatic heterocycles. The molecule has 0 radical (unpaired) electrons. The number of nitrogens with zero attached hydrogens (tertiary/aromatic N) is 2. The van der Waals surface area contributed by atoms with E-state index in [4.69, 9.17) is 0 Å². The lowest BCUT2D eigenvalue weighted by molar-refractivity contribution is -0.139. The molecule has 3 heterocycles. The lowest BCUT2D eigenvalue weighted by Crippen LogP contribution is -2.51. The highest BCUT2D eigenvalue weighted by Gasteiger charge is 2.41. The summed E-state index contributed by atoms with van der Waals surface area (Å²) in [6, 6.07) is 6.42. The summed E-state index contributed by atoms with van der Waals surface area (Å²) < 4.78 is 13.8. The van der Waals surface area contributed by atoms with Crippen LogP contribution < -0.4 is 10.6 Å². The number of amides is 3. The predicted octanol–water partition coefficient (Wildman–Crippen LogP) is 2.84. The van der Waals surface area contributed by atoms with Gasteiger partial charge in [0.25, 0.3) is 0 Å². The van der Waals surface area contributed by atoms with Crippen LogP contribution in [0.15, 0.2) is 24.3 Å². The van der Waals surface area contributed by atoms with Gasteiger partial charge >= 0.3 is 6.03 Å². The fraction of sp³-hybridized carbons (Fsp3) is 0.600. The van der Waals surface area contributed by atoms with E-state index in [1.54, 1.807) is 23.1 Å². The van der Waals surface area contributed by atoms with Crippen LogP contribution in [0.1, 0.15) is 32.1 Å². The van der Waals surface area contributed by atoms with Crippen molar-refractivity contribution < 1.29 is 14.0 Å². The van der Waals surface area contributed by atoms with Crippen molar-refractivity contribution in [2.45, 2.75) is 44.2 Å². The first-order chi connectivity index (χ1) is 13.1. The average molecular weight is 411 g/mol. The highest BCUT2D eigenvalue weighted by molar-refractivity contribution is 5.90. The summed E-state index contributed by atoms with van der Waals surface area (Å²) in [5.41, 5.74) is 0.174. The molecule has 3 aliphatic rings. The molecule has 3 atom stereocenters. The number of halogens is 2. The summed E-state index contributed by atoms with van der Waals surface area (Å²) in [5.74, 6) is -0.426. The van der Waals surface area contributed by atoms with Gasteiger partial charge in [-0.05, 0) is 50.8 Å². The predicted molar refractivity (Wildman–Crippen MR) is 108 cm³/mol. The molecule has 8 heteroatoms. The van der Waals surface area contributed by atoms with Crippen LogP contribution in [-0.4, -0.2) is 60.0 Å². The van der Waals surface area contributed by atoms with Gasteiger partial charge in [-0.1, -0.05) is 12.1 Å². The summed E-state index contributed by atoms with van der Waals surface area (Å²) in [6.45, 7) is 2.83. The SMILES string of the molecule is Cl.O=C(Nc1ccccc1F)N1CCCC(C(=O)N2C3CCNCC2CC3)C1. The van der Waals surface area contributed by atoms with Gasteiger partial charge in [-0.2, -0.15) is 0 Å². The van der Waals surface area contributed by atoms with Gasteiger partial charge in [0.2, 0.25) is 5.91 Å². The monoisotopic (exact) mass is 410 g/mol. The number of piperidine rings is 1. The van der Waals surface area contributed by atoms with Crippen molar-refractivity contribution in [2.24, 2.45) is 5.92 Å². The number of anilines is 1. The van der Waals surface area contributed by atoms with E-state index in [1.807, 2.05) is 0 Å². The number of nitrogens with one attached hydrogen (secondary N) is 2. The van der Waals surface area contributed by atoms with Crippen molar-refractivity contribution in [1.82, 2.24) is 15.1 Å². The quantitative estimate of drug-likeness (QED) is 0.788. The number of hydrogen-bond acceptors (Lipinski definition) is 3. The van der Waals surface area contributed by atoms with E-state index in [9.17, 15) is 14.0 Å². The fourth-order valence-corrected chi connectivity index (χ4v) is 4.67. The zero-order chi connectivity index (χ0) is 18.8. The number of fused-ring (bicyclic) bond motifs is 2. The zero-order valence-electron chi connectivity index (χ0n) is 15.9. The molecule has 28 heavy (non-hydrogen) atoms. The largest absolute Gasteiger partial charge is 0.335 e. The Morgan fingerprint density at radius 3 is 2.71 bits per heavy atom. The number of likely N-dealkylation sites (tertiary alicyclic amines) is 1. The molecule has 0 aliphatic carbocycles. The number of hydrogen-bond donors (Lipinski definition) is 2. The Morgan fingerprint density at radius 2 is 1.89 bits per heavy atom. The first-order valence-electron chi connectivity index (χ1n) is 9.97. The summed E-state index contributed by atoms with van der Waals surface area (Å²) in [7, 11) is 0. The maximum absolute atomic E-state index is 13.8. The molecule has 3 fully saturated rings. The Labute approximate surface area is 171 Å². The molecule has 3 amide bonds. The number of urea groups is 1. The number of carbonyl (C=O) groups is 2. The third-order valence-corrected chi connectivity index (χ3v) is 6.08. The molecular weight excluding hydrogens is 383 g/mol. The Balaban J connectivity index is 0.00000225. The van der Waals surface area contributed by atoms with Crippen molar-refractivity contribution >= 4 is 30.0 Å². The molecule has 1 aromatic carbocycles. The summed E-state index contributed by atoms with van der Waals surface area (Å²) in [4.78, 5) is 29.5. The second kappa shape index (κ2) is 9.09. The van der Waals surface area contributed by atoms with Crippen LogP contribution in [0, 0.1) is 11.7 Å². The molecule has 1 aromatic rings. The topological polar surface area (TPSA) is 64.7 Å². The Hall–Kier alpha value is -1.86. The molecule has 154 valence electrons. The minimum atomic E-state index is -0.455. The number of carbonyl (C=O) groups excluding carboxylic acids is 2. The first kappa shape index (κ1) is 20.9. The van der Waals surface area contributed by atoms with Crippen LogP contribution in [0.25, 0.3) is 0 Å². The molecule has 3 saturated heterocycles. The minimum absolute atomic E-state index is 0. The molecular formula is C20H28ClFN4O2. The van der Waals surface area contributed by atoms with E-state index in [-0.39, 0.29) is 42.0 Å². The van der Waals surface area contributed by atoms with E-state index in [2.05, 4.69) is 15.5 Å². The standard InChI is InChI=1S/C20H27FN4O2.ClH/c21-17-5-1-2-6-18(17)23-20(27)24-11-3-4-14(13-24)19(26)25-15-7-8-16(25)12-22-10-9-15;/h1-2,5-6,14-16,22H,3-4,7-13H2,(H,23,27);1H. The smallest absolute Gasteiger partial charge is 0.321 e. The highest BCUT2D eigenvalue weighted by atomic mass is 35.5. The van der Waals surface area contributed by atoms with Crippen LogP contribution in [0.2, 0.25) is 0 Å². The second-order valence-corrected chi connectivity index (χ2v) is 7.82. The molecule has 3 unspecified atom stereocenters. The Bertz CT molecular complexity index is 705. The lowest BCUT2D eigenvalue weighted by Gasteiger charge is -2.37. The lowest BCUT2D eigenvalue weighted by atomic mass is 9.96. The van der Waals surface area contributed by atoms with Crippen LogP contribution in [0.4, 0.5) is 14.9 Å². The van der Waals surface area contributed by atoms with Crippen LogP contribution in [0.3, 0.4) is 0 Å². The third-order valence-electron chi connectivity index (χ3n) is 6.08. The molecule has 0 spiro atoms. The molecule has 2 N–H and O–H groups in total. The molecule has 3 aliphatic heterocycles. The van der Waals surface area contributed by atoms with Gasteiger partial charge in [0, 0.05) is 31.7 Å². The van der Waals surface area contributed by atoms with Gasteiger partial charge in [0.15, 0.2) is 0 Å². The van der Waals surface area contributed by atoms with Crippen molar-refractivity contribution in [3.05, 3.63) is 30.1 Å². The molecule has 0 saturated carbocycles. The van der Waals surface area contributed by atoms with E-state index in [1.165, 1.54) is 6.07 Å². The Morgan fingerprint density at radius 1 is 1.11 bits per heavy atom. The van der Waals surface area contributed by atoms with E-state index in [0.29, 0.717) is 19.1 Å². The molecule has 4 rings (SSSR count). The molecule has 2 bridgehead atoms. The van der Waals surface area contributed by atoms with Crippen molar-refractivity contribution in [1.29, 1.82) is 0 Å². The van der Waals surface area contributed by atoms with Gasteiger partial charge < -0.3 is 20.4 Å². The van der Waals surface area contributed by atoms with Crippen molar-refractivity contribution in [3.63, 3.8) is 0 Å². The minimum Gasteiger partial charge on any atom is -0.335 e. The van der Waals surface area contributed by atoms with Gasteiger partial charge in [-0.25, -0.2) is 9.18 Å². The number of para-hydroxylation sites is 1. The Kier molecular flexibility index (Phi) is 6.78. The van der Waals surface area contributed by atoms with Crippen molar-refractivity contribution in [3.8, 4) is 0 Å². The van der Waals surface area contributed by atoms with E-state index < -0.39 is 5.82 Å². The van der Waals surface area contributed by atoms with Gasteiger partial charge in [0.05, 0.1) is 11.6 Å². The van der Waals surface area contributed by atoms with Crippen molar-refractivity contribution in [2.75, 3.05) is 31.5 Å². The van der Waals surface area contributed by atoms with E-state index >= 15 is 0 Å². The maximum atomic E-state index is 13.8. The summed E-state index contributed by atoms with van der Waals surface area (Å²) >= 11 is 0. The zero-order valence-corrected chi connectivity index (χ0v) is 16.7. The fourth-order valence-electron chi connectivity index (χ4n) is 4.67. The van der Waals surface area contributed by atoms with Crippen LogP contribution >= 0.6 is 12.4 Å². The average Bonchev–Trinajstić information content (AvgIpc) is 2.95. The molecule has 6 nitrogen and oxygen atoms in total.